The van der Waals surface area contributed by atoms with Crippen molar-refractivity contribution in [3.8, 4) is 0 Å². The van der Waals surface area contributed by atoms with E-state index in [4.69, 9.17) is 18.5 Å². The van der Waals surface area contributed by atoms with Gasteiger partial charge in [0.1, 0.15) is 19.8 Å². The van der Waals surface area contributed by atoms with Crippen LogP contribution in [0.2, 0.25) is 0 Å². The van der Waals surface area contributed by atoms with Crippen LogP contribution in [0.25, 0.3) is 0 Å². The lowest BCUT2D eigenvalue weighted by molar-refractivity contribution is -0.870. The Morgan fingerprint density at radius 1 is 0.347 bits per heavy atom. The normalized spacial score (nSPS) is 15.1. The van der Waals surface area contributed by atoms with Gasteiger partial charge >= 0.3 is 19.8 Å². The Hall–Kier alpha value is -7.23. The molecule has 10 heteroatoms. The molecule has 0 saturated heterocycles. The standard InChI is InChI=1S/C88H112NO8P/c1-70(72-38-14-6-15-39-72)36-30-54-78(74-42-18-8-19-43-74)56-32-58-80(76-46-22-10-23-47-76)60-34-62-84(82-50-26-12-27-51-82)66-87(90)94-68-86(69-96-98(92,93)95-65-64-89(3,4)5)97-88(91)67-85(83-52-28-13-29-53-83)63-35-61-81(77-48-24-11-25-49-77)59-33-57-79(75-44-20-9-21-45-75)55-31-37-71(2)73-40-16-7-17-41-73/h6-29,38-53,70-71,78-81,84-86H,30-37,54-69H2,1-5H3/p+1/t70?,71?,78?,79?,80?,81?,84?,85?,86-/m0/s1. The van der Waals surface area contributed by atoms with Crippen LogP contribution < -0.4 is 0 Å². The van der Waals surface area contributed by atoms with Crippen LogP contribution in [0.15, 0.2) is 243 Å². The number of phosphoric ester groups is 1. The van der Waals surface area contributed by atoms with E-state index in [9.17, 15) is 19.0 Å². The Kier molecular flexibility index (Phi) is 32.8. The molecule has 0 saturated carbocycles. The maximum Gasteiger partial charge on any atom is 0.472 e. The van der Waals surface area contributed by atoms with Gasteiger partial charge in [0, 0.05) is 0 Å². The largest absolute Gasteiger partial charge is 0.472 e. The van der Waals surface area contributed by atoms with E-state index >= 15 is 0 Å². The SMILES string of the molecule is CC(CCCC(CCCC(CCCC(CC(=O)OC[C@@H](COP(=O)(O)OCC[N+](C)(C)C)OC(=O)CC(CCCC(CCCC(CCCC(C)c1ccccc1)c1ccccc1)c1ccccc1)c1ccccc1)c1ccccc1)c1ccccc1)c1ccccc1)c1ccccc1. The minimum Gasteiger partial charge on any atom is -0.462 e. The maximum atomic E-state index is 14.4. The molecule has 10 atom stereocenters. The van der Waals surface area contributed by atoms with Crippen molar-refractivity contribution < 1.29 is 42.1 Å². The van der Waals surface area contributed by atoms with Gasteiger partial charge < -0.3 is 18.9 Å². The molecule has 0 fully saturated rings. The van der Waals surface area contributed by atoms with E-state index in [1.807, 2.05) is 57.5 Å². The van der Waals surface area contributed by atoms with Gasteiger partial charge in [-0.2, -0.15) is 0 Å². The van der Waals surface area contributed by atoms with E-state index < -0.39 is 32.5 Å². The molecule has 0 spiro atoms. The highest BCUT2D eigenvalue weighted by atomic mass is 31.2. The van der Waals surface area contributed by atoms with Crippen molar-refractivity contribution in [1.29, 1.82) is 0 Å². The first-order chi connectivity index (χ1) is 47.6. The molecule has 0 bridgehead atoms. The molecule has 0 amide bonds. The summed E-state index contributed by atoms with van der Waals surface area (Å²) < 4.78 is 37.1. The fraction of sp³-hybridized carbons (Fsp3) is 0.432. The van der Waals surface area contributed by atoms with Gasteiger partial charge in [-0.25, -0.2) is 4.57 Å². The highest BCUT2D eigenvalue weighted by molar-refractivity contribution is 7.47. The number of esters is 2. The average molecular weight is 1340 g/mol. The zero-order valence-electron chi connectivity index (χ0n) is 59.5. The number of ether oxygens (including phenoxy) is 2. The quantitative estimate of drug-likeness (QED) is 0.0228. The first-order valence-corrected chi connectivity index (χ1v) is 38.3. The van der Waals surface area contributed by atoms with Gasteiger partial charge in [-0.05, 0) is 169 Å². The van der Waals surface area contributed by atoms with Crippen molar-refractivity contribution in [3.63, 3.8) is 0 Å². The molecule has 0 aliphatic heterocycles. The predicted molar refractivity (Wildman–Crippen MR) is 403 cm³/mol. The number of phosphoric acid groups is 1. The molecule has 1 N–H and O–H groups in total. The summed E-state index contributed by atoms with van der Waals surface area (Å²) in [6.45, 7) is 4.27. The first-order valence-electron chi connectivity index (χ1n) is 36.8. The Bertz CT molecular complexity index is 3470. The number of likely N-dealkylation sites (N-methyl/N-ethyl adjacent to an activating group) is 1. The van der Waals surface area contributed by atoms with Crippen molar-refractivity contribution in [2.75, 3.05) is 47.5 Å². The molecule has 9 unspecified atom stereocenters. The summed E-state index contributed by atoms with van der Waals surface area (Å²) in [5.74, 6) is 1.48. The second-order valence-electron chi connectivity index (χ2n) is 28.7. The lowest BCUT2D eigenvalue weighted by Crippen LogP contribution is -2.37. The van der Waals surface area contributed by atoms with E-state index in [0.717, 1.165) is 107 Å². The summed E-state index contributed by atoms with van der Waals surface area (Å²) in [7, 11) is 1.29. The molecule has 9 nitrogen and oxygen atoms in total. The molecule has 0 heterocycles. The van der Waals surface area contributed by atoms with E-state index in [-0.39, 0.29) is 37.9 Å². The Labute approximate surface area is 589 Å². The van der Waals surface area contributed by atoms with Gasteiger partial charge in [-0.1, -0.05) is 295 Å². The van der Waals surface area contributed by atoms with Crippen LogP contribution >= 0.6 is 7.82 Å². The molecule has 8 rings (SSSR count). The van der Waals surface area contributed by atoms with Gasteiger partial charge in [-0.15, -0.1) is 0 Å². The number of quaternary nitrogens is 1. The second kappa shape index (κ2) is 42.0. The van der Waals surface area contributed by atoms with E-state index in [2.05, 4.69) is 220 Å². The number of carbonyl (C=O) groups is 2. The highest BCUT2D eigenvalue weighted by Gasteiger charge is 2.30. The van der Waals surface area contributed by atoms with Crippen LogP contribution in [0.1, 0.15) is 234 Å². The molecule has 8 aromatic carbocycles. The summed E-state index contributed by atoms with van der Waals surface area (Å²) in [4.78, 5) is 39.6. The van der Waals surface area contributed by atoms with Crippen molar-refractivity contribution >= 4 is 19.8 Å². The fourth-order valence-corrected chi connectivity index (χ4v) is 15.1. The van der Waals surface area contributed by atoms with Crippen molar-refractivity contribution in [1.82, 2.24) is 0 Å². The fourth-order valence-electron chi connectivity index (χ4n) is 14.4. The Balaban J connectivity index is 0.891. The summed E-state index contributed by atoms with van der Waals surface area (Å²) >= 11 is 0. The predicted octanol–water partition coefficient (Wildman–Crippen LogP) is 22.4. The third kappa shape index (κ3) is 28.2. The number of benzene rings is 8. The molecule has 0 aliphatic rings. The molecule has 0 aliphatic carbocycles. The van der Waals surface area contributed by atoms with Crippen LogP contribution in [0.5, 0.6) is 0 Å². The minimum atomic E-state index is -4.59. The minimum absolute atomic E-state index is 0.0270. The average Bonchev–Trinajstić information content (AvgIpc) is 1.11. The van der Waals surface area contributed by atoms with Gasteiger partial charge in [0.15, 0.2) is 6.10 Å². The third-order valence-corrected chi connectivity index (χ3v) is 21.1. The number of hydrogen-bond donors (Lipinski definition) is 1. The number of nitrogens with zero attached hydrogens (tertiary/aromatic N) is 1. The van der Waals surface area contributed by atoms with Gasteiger partial charge in [0.2, 0.25) is 0 Å². The summed E-state index contributed by atoms with van der Waals surface area (Å²) in [5.41, 5.74) is 10.4. The van der Waals surface area contributed by atoms with Gasteiger partial charge in [0.05, 0.1) is 40.6 Å². The van der Waals surface area contributed by atoms with E-state index in [1.54, 1.807) is 0 Å². The van der Waals surface area contributed by atoms with Gasteiger partial charge in [-0.3, -0.25) is 18.6 Å². The zero-order valence-corrected chi connectivity index (χ0v) is 60.4. The second-order valence-corrected chi connectivity index (χ2v) is 30.1. The molecule has 522 valence electrons. The van der Waals surface area contributed by atoms with Crippen LogP contribution in [-0.4, -0.2) is 74.9 Å². The highest BCUT2D eigenvalue weighted by Crippen LogP contribution is 2.44. The smallest absolute Gasteiger partial charge is 0.462 e. The van der Waals surface area contributed by atoms with Crippen LogP contribution in [-0.2, 0) is 32.7 Å². The van der Waals surface area contributed by atoms with Gasteiger partial charge in [0.25, 0.3) is 0 Å². The number of rotatable bonds is 46. The van der Waals surface area contributed by atoms with Crippen LogP contribution in [0, 0.1) is 0 Å². The summed E-state index contributed by atoms with van der Waals surface area (Å²) in [5, 5.41) is 0. The molecule has 0 aromatic heterocycles. The lowest BCUT2D eigenvalue weighted by Gasteiger charge is -2.25. The van der Waals surface area contributed by atoms with Crippen molar-refractivity contribution in [3.05, 3.63) is 287 Å². The van der Waals surface area contributed by atoms with Crippen molar-refractivity contribution in [2.24, 2.45) is 0 Å². The summed E-state index contributed by atoms with van der Waals surface area (Å²) in [6.07, 6.45) is 17.8. The van der Waals surface area contributed by atoms with Crippen LogP contribution in [0.3, 0.4) is 0 Å². The molecular weight excluding hydrogens is 1230 g/mol. The molecule has 0 radical (unpaired) electrons. The monoisotopic (exact) mass is 1340 g/mol. The molecular formula is C88H113NO8P+. The number of carbonyl (C=O) groups excluding carboxylic acids is 2. The van der Waals surface area contributed by atoms with Crippen LogP contribution in [0.4, 0.5) is 0 Å². The zero-order chi connectivity index (χ0) is 69.1. The van der Waals surface area contributed by atoms with E-state index in [1.165, 1.54) is 52.6 Å². The lowest BCUT2D eigenvalue weighted by atomic mass is 9.82. The number of hydrogen-bond acceptors (Lipinski definition) is 7. The maximum absolute atomic E-state index is 14.4. The van der Waals surface area contributed by atoms with Crippen molar-refractivity contribution in [2.45, 2.75) is 196 Å². The Morgan fingerprint density at radius 2 is 0.602 bits per heavy atom. The summed E-state index contributed by atoms with van der Waals surface area (Å²) in [6, 6.07) is 86.0. The topological polar surface area (TPSA) is 108 Å². The van der Waals surface area contributed by atoms with E-state index in [0.29, 0.717) is 46.5 Å². The first kappa shape index (κ1) is 76.5. The third-order valence-electron chi connectivity index (χ3n) is 20.2. The Morgan fingerprint density at radius 3 is 0.898 bits per heavy atom. The molecule has 8 aromatic rings. The molecule has 98 heavy (non-hydrogen) atoms.